The Balaban J connectivity index is 1.36. The van der Waals surface area contributed by atoms with Gasteiger partial charge in [0.2, 0.25) is 0 Å². The van der Waals surface area contributed by atoms with Crippen molar-refractivity contribution in [3.05, 3.63) is 77.5 Å². The van der Waals surface area contributed by atoms with Gasteiger partial charge in [-0.15, -0.1) is 0 Å². The largest absolute Gasteiger partial charge is 0.364 e. The molecule has 0 saturated carbocycles. The molecule has 0 bridgehead atoms. The fraction of sp³-hybridized carbons (Fsp3) is 0.348. The van der Waals surface area contributed by atoms with Gasteiger partial charge in [0.25, 0.3) is 0 Å². The van der Waals surface area contributed by atoms with Gasteiger partial charge in [-0.1, -0.05) is 42.0 Å². The van der Waals surface area contributed by atoms with Crippen LogP contribution in [0.25, 0.3) is 11.3 Å². The van der Waals surface area contributed by atoms with E-state index in [4.69, 9.17) is 4.74 Å². The topological polar surface area (TPSA) is 30.3 Å². The number of nitrogens with zero attached hydrogens (tertiary/aromatic N) is 3. The van der Waals surface area contributed by atoms with Crippen LogP contribution in [0.5, 0.6) is 0 Å². The van der Waals surface area contributed by atoms with Gasteiger partial charge >= 0.3 is 0 Å². The molecule has 2 aliphatic heterocycles. The average Bonchev–Trinajstić information content (AvgIpc) is 3.26. The van der Waals surface area contributed by atoms with E-state index in [9.17, 15) is 4.39 Å². The maximum absolute atomic E-state index is 13.7. The summed E-state index contributed by atoms with van der Waals surface area (Å²) in [4.78, 5) is 6.99. The Hall–Kier alpha value is -2.50. The molecule has 0 amide bonds. The van der Waals surface area contributed by atoms with Crippen LogP contribution in [0, 0.1) is 12.7 Å². The summed E-state index contributed by atoms with van der Waals surface area (Å²) in [5, 5.41) is 0. The van der Waals surface area contributed by atoms with Crippen LogP contribution in [0.2, 0.25) is 0 Å². The molecular weight excluding hydrogens is 353 g/mol. The van der Waals surface area contributed by atoms with Gasteiger partial charge in [0.15, 0.2) is 0 Å². The Bertz CT molecular complexity index is 1010. The van der Waals surface area contributed by atoms with Crippen molar-refractivity contribution < 1.29 is 9.13 Å². The molecule has 2 aliphatic rings. The number of benzene rings is 2. The minimum absolute atomic E-state index is 0.195. The lowest BCUT2D eigenvalue weighted by Gasteiger charge is -2.35. The van der Waals surface area contributed by atoms with Crippen LogP contribution in [0.15, 0.2) is 54.7 Å². The summed E-state index contributed by atoms with van der Waals surface area (Å²) >= 11 is 0. The third-order valence-electron chi connectivity index (χ3n) is 5.90. The van der Waals surface area contributed by atoms with E-state index < -0.39 is 0 Å². The summed E-state index contributed by atoms with van der Waals surface area (Å²) in [6, 6.07) is 15.4. The molecule has 0 radical (unpaired) electrons. The number of ether oxygens (including phenoxy) is 1. The van der Waals surface area contributed by atoms with Crippen molar-refractivity contribution in [3.63, 3.8) is 0 Å². The zero-order chi connectivity index (χ0) is 19.1. The molecule has 144 valence electrons. The summed E-state index contributed by atoms with van der Waals surface area (Å²) in [7, 11) is 0. The zero-order valence-electron chi connectivity index (χ0n) is 16.1. The van der Waals surface area contributed by atoms with E-state index in [1.54, 1.807) is 12.1 Å². The molecule has 1 saturated heterocycles. The monoisotopic (exact) mass is 377 g/mol. The minimum atomic E-state index is -0.222. The maximum Gasteiger partial charge on any atom is 0.135 e. The first-order valence-electron chi connectivity index (χ1n) is 9.82. The fourth-order valence-corrected chi connectivity index (χ4v) is 4.51. The van der Waals surface area contributed by atoms with Gasteiger partial charge < -0.3 is 9.30 Å². The second-order valence-electron chi connectivity index (χ2n) is 8.08. The van der Waals surface area contributed by atoms with E-state index in [0.29, 0.717) is 6.61 Å². The van der Waals surface area contributed by atoms with Gasteiger partial charge in [0.1, 0.15) is 23.8 Å². The van der Waals surface area contributed by atoms with Gasteiger partial charge in [-0.25, -0.2) is 9.37 Å². The summed E-state index contributed by atoms with van der Waals surface area (Å²) in [6.45, 7) is 6.27. The molecule has 28 heavy (non-hydrogen) atoms. The summed E-state index contributed by atoms with van der Waals surface area (Å²) < 4.78 is 22.2. The molecule has 3 aromatic rings. The van der Waals surface area contributed by atoms with Crippen LogP contribution in [0.4, 0.5) is 4.39 Å². The Morgan fingerprint density at radius 1 is 1.14 bits per heavy atom. The smallest absolute Gasteiger partial charge is 0.135 e. The van der Waals surface area contributed by atoms with Crippen molar-refractivity contribution in [1.29, 1.82) is 0 Å². The van der Waals surface area contributed by atoms with E-state index >= 15 is 0 Å². The molecule has 0 aliphatic carbocycles. The number of aromatic nitrogens is 2. The first-order valence-corrected chi connectivity index (χ1v) is 9.82. The van der Waals surface area contributed by atoms with E-state index in [-0.39, 0.29) is 11.4 Å². The van der Waals surface area contributed by atoms with Crippen LogP contribution >= 0.6 is 0 Å². The lowest BCUT2D eigenvalue weighted by Crippen LogP contribution is -2.44. The summed E-state index contributed by atoms with van der Waals surface area (Å²) in [5.74, 6) is 0.696. The molecule has 0 N–H and O–H groups in total. The van der Waals surface area contributed by atoms with Crippen LogP contribution in [0.3, 0.4) is 0 Å². The standard InChI is InChI=1S/C23H24FN3O/c1-17-4-2-5-18(10-17)13-26-9-8-23(15-26)16-27-21(12-25-22(27)14-28-23)19-6-3-7-20(24)11-19/h2-7,10-12H,8-9,13-16H2,1H3/t23-/m1/s1. The quantitative estimate of drug-likeness (QED) is 0.686. The minimum Gasteiger partial charge on any atom is -0.364 e. The molecule has 5 heteroatoms. The predicted molar refractivity (Wildman–Crippen MR) is 106 cm³/mol. The molecule has 1 atom stereocenters. The van der Waals surface area contributed by atoms with Crippen molar-refractivity contribution in [2.75, 3.05) is 13.1 Å². The van der Waals surface area contributed by atoms with Crippen molar-refractivity contribution in [1.82, 2.24) is 14.5 Å². The first-order chi connectivity index (χ1) is 13.6. The van der Waals surface area contributed by atoms with E-state index in [0.717, 1.165) is 49.7 Å². The predicted octanol–water partition coefficient (Wildman–Crippen LogP) is 4.17. The Labute approximate surface area is 164 Å². The van der Waals surface area contributed by atoms with Gasteiger partial charge in [-0.05, 0) is 31.0 Å². The third kappa shape index (κ3) is 3.25. The van der Waals surface area contributed by atoms with Crippen molar-refractivity contribution in [3.8, 4) is 11.3 Å². The third-order valence-corrected chi connectivity index (χ3v) is 5.90. The van der Waals surface area contributed by atoms with Crippen LogP contribution in [0.1, 0.15) is 23.4 Å². The zero-order valence-corrected chi connectivity index (χ0v) is 16.1. The fourth-order valence-electron chi connectivity index (χ4n) is 4.51. The van der Waals surface area contributed by atoms with Crippen LogP contribution in [-0.4, -0.2) is 33.1 Å². The highest BCUT2D eigenvalue weighted by molar-refractivity contribution is 5.59. The van der Waals surface area contributed by atoms with Crippen LogP contribution in [-0.2, 0) is 24.4 Å². The number of aryl methyl sites for hydroxylation is 1. The van der Waals surface area contributed by atoms with E-state index in [2.05, 4.69) is 45.6 Å². The maximum atomic E-state index is 13.7. The van der Waals surface area contributed by atoms with E-state index in [1.807, 2.05) is 12.3 Å². The molecular formula is C23H24FN3O. The highest BCUT2D eigenvalue weighted by Gasteiger charge is 2.43. The number of hydrogen-bond acceptors (Lipinski definition) is 3. The Morgan fingerprint density at radius 2 is 2.04 bits per heavy atom. The second kappa shape index (κ2) is 6.83. The number of halogens is 1. The van der Waals surface area contributed by atoms with Crippen LogP contribution < -0.4 is 0 Å². The molecule has 3 heterocycles. The van der Waals surface area contributed by atoms with Crippen molar-refractivity contribution in [2.24, 2.45) is 0 Å². The normalized spacial score (nSPS) is 21.9. The van der Waals surface area contributed by atoms with Gasteiger partial charge in [-0.2, -0.15) is 0 Å². The van der Waals surface area contributed by atoms with E-state index in [1.165, 1.54) is 17.2 Å². The second-order valence-corrected chi connectivity index (χ2v) is 8.08. The molecule has 1 fully saturated rings. The summed E-state index contributed by atoms with van der Waals surface area (Å²) in [6.07, 6.45) is 2.84. The first kappa shape index (κ1) is 17.6. The number of fused-ring (bicyclic) bond motifs is 1. The highest BCUT2D eigenvalue weighted by atomic mass is 19.1. The number of imidazole rings is 1. The Kier molecular flexibility index (Phi) is 4.29. The van der Waals surface area contributed by atoms with Gasteiger partial charge in [-0.3, -0.25) is 4.90 Å². The SMILES string of the molecule is Cc1cccc(CN2CC[C@@]3(C2)Cn2c(-c4cccc(F)c4)cnc2CO3)c1. The highest BCUT2D eigenvalue weighted by Crippen LogP contribution is 2.35. The molecule has 1 aromatic heterocycles. The lowest BCUT2D eigenvalue weighted by atomic mass is 10.0. The van der Waals surface area contributed by atoms with Crippen molar-refractivity contribution in [2.45, 2.75) is 38.6 Å². The molecule has 0 unspecified atom stereocenters. The summed E-state index contributed by atoms with van der Waals surface area (Å²) in [5.41, 5.74) is 4.28. The van der Waals surface area contributed by atoms with Crippen molar-refractivity contribution >= 4 is 0 Å². The lowest BCUT2D eigenvalue weighted by molar-refractivity contribution is -0.0821. The van der Waals surface area contributed by atoms with Gasteiger partial charge in [0, 0.05) is 25.2 Å². The molecule has 5 rings (SSSR count). The van der Waals surface area contributed by atoms with Gasteiger partial charge in [0.05, 0.1) is 18.4 Å². The number of rotatable bonds is 3. The molecule has 2 aromatic carbocycles. The molecule has 4 nitrogen and oxygen atoms in total. The Morgan fingerprint density at radius 3 is 2.89 bits per heavy atom. The molecule has 1 spiro atoms. The average molecular weight is 377 g/mol. The number of likely N-dealkylation sites (tertiary alicyclic amines) is 1. The number of hydrogen-bond donors (Lipinski definition) is 0.